The van der Waals surface area contributed by atoms with E-state index in [9.17, 15) is 9.59 Å². The van der Waals surface area contributed by atoms with E-state index in [0.29, 0.717) is 17.5 Å². The van der Waals surface area contributed by atoms with Gasteiger partial charge in [0.2, 0.25) is 5.96 Å². The second kappa shape index (κ2) is 7.77. The van der Waals surface area contributed by atoms with Crippen molar-refractivity contribution < 1.29 is 23.8 Å². The highest BCUT2D eigenvalue weighted by Crippen LogP contribution is 2.43. The predicted octanol–water partition coefficient (Wildman–Crippen LogP) is 1.68. The van der Waals surface area contributed by atoms with Crippen molar-refractivity contribution in [2.45, 2.75) is 26.1 Å². The molecule has 0 spiro atoms. The lowest BCUT2D eigenvalue weighted by molar-refractivity contribution is -0.137. The Kier molecular flexibility index (Phi) is 5.26. The summed E-state index contributed by atoms with van der Waals surface area (Å²) in [7, 11) is 6.41. The van der Waals surface area contributed by atoms with Gasteiger partial charge in [-0.05, 0) is 26.0 Å². The van der Waals surface area contributed by atoms with Gasteiger partial charge in [-0.25, -0.2) is 9.79 Å². The molecule has 10 heteroatoms. The van der Waals surface area contributed by atoms with Crippen LogP contribution in [-0.4, -0.2) is 86.3 Å². The molecule has 0 aliphatic carbocycles. The molecule has 3 amide bonds. The number of amides is 3. The Morgan fingerprint density at radius 2 is 1.81 bits per heavy atom. The number of fused-ring (bicyclic) bond motifs is 3. The van der Waals surface area contributed by atoms with E-state index in [1.807, 2.05) is 41.8 Å². The highest BCUT2D eigenvalue weighted by molar-refractivity contribution is 6.11. The number of carbonyl (C=O) groups is 2. The molecule has 10 nitrogen and oxygen atoms in total. The van der Waals surface area contributed by atoms with Crippen LogP contribution in [0.1, 0.15) is 13.8 Å². The Balaban J connectivity index is 1.78. The van der Waals surface area contributed by atoms with E-state index in [4.69, 9.17) is 19.2 Å². The Morgan fingerprint density at radius 1 is 1.06 bits per heavy atom. The Labute approximate surface area is 181 Å². The van der Waals surface area contributed by atoms with Crippen molar-refractivity contribution in [3.05, 3.63) is 29.6 Å². The van der Waals surface area contributed by atoms with Gasteiger partial charge in [-0.3, -0.25) is 19.5 Å². The number of hydrogen-bond donors (Lipinski definition) is 0. The van der Waals surface area contributed by atoms with Crippen molar-refractivity contribution >= 4 is 23.6 Å². The van der Waals surface area contributed by atoms with Crippen LogP contribution in [0.25, 0.3) is 0 Å². The summed E-state index contributed by atoms with van der Waals surface area (Å²) in [6.45, 7) is 4.38. The fourth-order valence-corrected chi connectivity index (χ4v) is 4.26. The number of carbonyl (C=O) groups excluding carboxylic acids is 2. The average Bonchev–Trinajstić information content (AvgIpc) is 3.27. The van der Waals surface area contributed by atoms with Crippen LogP contribution in [0.5, 0.6) is 11.5 Å². The number of methoxy groups -OCH3 is 3. The molecule has 0 radical (unpaired) electrons. The first kappa shape index (κ1) is 21.0. The van der Waals surface area contributed by atoms with Gasteiger partial charge < -0.3 is 19.1 Å². The molecule has 1 aromatic carbocycles. The van der Waals surface area contributed by atoms with E-state index >= 15 is 0 Å². The number of nitrogens with zero attached hydrogens (tertiary/aromatic N) is 5. The summed E-state index contributed by atoms with van der Waals surface area (Å²) in [6, 6.07) is 4.51. The molecule has 0 N–H and O–H groups in total. The maximum Gasteiger partial charge on any atom is 0.328 e. The zero-order chi connectivity index (χ0) is 22.4. The first-order valence-corrected chi connectivity index (χ1v) is 9.99. The average molecular weight is 429 g/mol. The minimum Gasteiger partial charge on any atom is -0.497 e. The molecule has 2 atom stereocenters. The van der Waals surface area contributed by atoms with Crippen LogP contribution < -0.4 is 14.4 Å². The Hall–Kier alpha value is -3.27. The number of likely N-dealkylation sites (N-methyl/N-ethyl adjacent to an activating group) is 1. The van der Waals surface area contributed by atoms with Crippen LogP contribution in [0.3, 0.4) is 0 Å². The maximum atomic E-state index is 13.4. The van der Waals surface area contributed by atoms with Gasteiger partial charge in [0.15, 0.2) is 12.2 Å². The molecule has 166 valence electrons. The zero-order valence-corrected chi connectivity index (χ0v) is 18.6. The van der Waals surface area contributed by atoms with Crippen molar-refractivity contribution in [3.8, 4) is 11.5 Å². The lowest BCUT2D eigenvalue weighted by Gasteiger charge is -2.40. The topological polar surface area (TPSA) is 87.2 Å². The van der Waals surface area contributed by atoms with Gasteiger partial charge in [0.1, 0.15) is 11.5 Å². The molecule has 2 unspecified atom stereocenters. The molecule has 0 bridgehead atoms. The lowest BCUT2D eigenvalue weighted by Crippen LogP contribution is -2.65. The van der Waals surface area contributed by atoms with Crippen molar-refractivity contribution in [3.63, 3.8) is 0 Å². The van der Waals surface area contributed by atoms with Gasteiger partial charge in [0.25, 0.3) is 5.91 Å². The minimum absolute atomic E-state index is 0.195. The summed E-state index contributed by atoms with van der Waals surface area (Å²) >= 11 is 0. The number of hydrogen-bond acceptors (Lipinski definition) is 8. The van der Waals surface area contributed by atoms with E-state index < -0.39 is 12.2 Å². The van der Waals surface area contributed by atoms with Crippen LogP contribution in [-0.2, 0) is 9.53 Å². The molecule has 0 saturated carbocycles. The lowest BCUT2D eigenvalue weighted by atomic mass is 10.1. The smallest absolute Gasteiger partial charge is 0.328 e. The normalized spacial score (nSPS) is 22.8. The number of guanidine groups is 1. The number of rotatable bonds is 6. The highest BCUT2D eigenvalue weighted by atomic mass is 16.5. The van der Waals surface area contributed by atoms with Crippen molar-refractivity contribution in [1.82, 2.24) is 14.7 Å². The number of allylic oxidation sites excluding steroid dienone is 2. The van der Waals surface area contributed by atoms with Crippen molar-refractivity contribution in [1.29, 1.82) is 0 Å². The Bertz CT molecular complexity index is 990. The summed E-state index contributed by atoms with van der Waals surface area (Å²) in [5.74, 6) is 1.61. The molecule has 3 aliphatic rings. The van der Waals surface area contributed by atoms with Gasteiger partial charge in [-0.15, -0.1) is 0 Å². The number of benzene rings is 1. The third-order valence-electron chi connectivity index (χ3n) is 6.04. The van der Waals surface area contributed by atoms with Gasteiger partial charge >= 0.3 is 6.03 Å². The van der Waals surface area contributed by atoms with Crippen LogP contribution in [0.4, 0.5) is 10.5 Å². The van der Waals surface area contributed by atoms with Gasteiger partial charge in [0, 0.05) is 31.6 Å². The highest BCUT2D eigenvalue weighted by Gasteiger charge is 2.56. The summed E-state index contributed by atoms with van der Waals surface area (Å²) in [5, 5.41) is 0. The molecule has 3 aliphatic heterocycles. The van der Waals surface area contributed by atoms with E-state index in [2.05, 4.69) is 0 Å². The first-order chi connectivity index (χ1) is 14.8. The molecular weight excluding hydrogens is 402 g/mol. The minimum atomic E-state index is -0.633. The van der Waals surface area contributed by atoms with Crippen LogP contribution in [0, 0.1) is 0 Å². The molecule has 0 aromatic heterocycles. The summed E-state index contributed by atoms with van der Waals surface area (Å²) < 4.78 is 16.1. The SMILES string of the molecule is COCCN1C(=O)C2C(N=C3N(c4cc(OC)ccc4OC)C(C)=C(C)N32)N(C)C1=O. The molecule has 1 saturated heterocycles. The fourth-order valence-electron chi connectivity index (χ4n) is 4.26. The summed E-state index contributed by atoms with van der Waals surface area (Å²) in [5.41, 5.74) is 2.55. The molecule has 1 aromatic rings. The van der Waals surface area contributed by atoms with E-state index in [-0.39, 0.29) is 25.1 Å². The number of aliphatic imine (C=N–C) groups is 1. The van der Waals surface area contributed by atoms with Crippen LogP contribution in [0.15, 0.2) is 34.6 Å². The van der Waals surface area contributed by atoms with E-state index in [1.165, 1.54) is 16.9 Å². The second-order valence-corrected chi connectivity index (χ2v) is 7.58. The third kappa shape index (κ3) is 3.01. The largest absolute Gasteiger partial charge is 0.497 e. The van der Waals surface area contributed by atoms with Crippen molar-refractivity contribution in [2.24, 2.45) is 4.99 Å². The maximum absolute atomic E-state index is 13.4. The predicted molar refractivity (Wildman–Crippen MR) is 114 cm³/mol. The standard InChI is InChI=1S/C21H27N5O5/c1-12-13(2)26-17-18(23(3)21(28)24(19(17)27)9-10-29-4)22-20(26)25(12)15-11-14(30-5)7-8-16(15)31-6/h7-8,11,17-18H,9-10H2,1-6H3. The number of ether oxygens (including phenoxy) is 3. The summed E-state index contributed by atoms with van der Waals surface area (Å²) in [4.78, 5) is 37.6. The fraction of sp³-hybridized carbons (Fsp3) is 0.476. The van der Waals surface area contributed by atoms with Gasteiger partial charge in [-0.1, -0.05) is 0 Å². The molecule has 3 heterocycles. The quantitative estimate of drug-likeness (QED) is 0.680. The molecular formula is C21H27N5O5. The molecule has 31 heavy (non-hydrogen) atoms. The number of anilines is 1. The Morgan fingerprint density at radius 3 is 2.45 bits per heavy atom. The third-order valence-corrected chi connectivity index (χ3v) is 6.04. The van der Waals surface area contributed by atoms with Crippen LogP contribution in [0.2, 0.25) is 0 Å². The van der Waals surface area contributed by atoms with Crippen molar-refractivity contribution in [2.75, 3.05) is 46.4 Å². The number of urea groups is 1. The van der Waals surface area contributed by atoms with Gasteiger partial charge in [0.05, 0.1) is 33.1 Å². The monoisotopic (exact) mass is 429 g/mol. The molecule has 1 fully saturated rings. The summed E-state index contributed by atoms with van der Waals surface area (Å²) in [6.07, 6.45) is -0.615. The second-order valence-electron chi connectivity index (χ2n) is 7.58. The zero-order valence-electron chi connectivity index (χ0n) is 18.6. The van der Waals surface area contributed by atoms with Crippen LogP contribution >= 0.6 is 0 Å². The first-order valence-electron chi connectivity index (χ1n) is 9.99. The number of imide groups is 1. The van der Waals surface area contributed by atoms with Gasteiger partial charge in [-0.2, -0.15) is 0 Å². The molecule has 4 rings (SSSR count). The van der Waals surface area contributed by atoms with E-state index in [1.54, 1.807) is 21.3 Å². The van der Waals surface area contributed by atoms with E-state index in [0.717, 1.165) is 17.1 Å².